The van der Waals surface area contributed by atoms with Gasteiger partial charge in [-0.15, -0.1) is 0 Å². The zero-order valence-corrected chi connectivity index (χ0v) is 21.0. The molecule has 1 atom stereocenters. The van der Waals surface area contributed by atoms with Crippen LogP contribution in [0.5, 0.6) is 0 Å². The first-order chi connectivity index (χ1) is 16.1. The summed E-state index contributed by atoms with van der Waals surface area (Å²) >= 11 is 0. The smallest absolute Gasteiger partial charge is 0.262 e. The highest BCUT2D eigenvalue weighted by atomic mass is 32.2. The van der Waals surface area contributed by atoms with Crippen molar-refractivity contribution in [2.45, 2.75) is 51.0 Å². The second-order valence-electron chi connectivity index (χ2n) is 8.70. The SMILES string of the molecule is COCCCNC(=O)[C@@H]1CCCN1C(=O)c1ccc(NS(=O)(=O)c2c(C)cc(C)cc2C)cc1. The Bertz CT molecular complexity index is 1120. The van der Waals surface area contributed by atoms with Crippen LogP contribution in [-0.4, -0.2) is 58.0 Å². The van der Waals surface area contributed by atoms with Gasteiger partial charge in [0.25, 0.3) is 15.9 Å². The average Bonchev–Trinajstić information content (AvgIpc) is 3.25. The van der Waals surface area contributed by atoms with Gasteiger partial charge in [0, 0.05) is 38.1 Å². The van der Waals surface area contributed by atoms with E-state index in [1.807, 2.05) is 19.1 Å². The van der Waals surface area contributed by atoms with Gasteiger partial charge in [-0.05, 0) is 75.4 Å². The number of benzene rings is 2. The Morgan fingerprint density at radius 1 is 1.09 bits per heavy atom. The first kappa shape index (κ1) is 25.7. The second kappa shape index (κ2) is 11.0. The maximum atomic E-state index is 13.1. The summed E-state index contributed by atoms with van der Waals surface area (Å²) in [5.41, 5.74) is 3.13. The summed E-state index contributed by atoms with van der Waals surface area (Å²) in [4.78, 5) is 27.5. The van der Waals surface area contributed by atoms with Gasteiger partial charge in [0.05, 0.1) is 4.90 Å². The molecule has 0 spiro atoms. The van der Waals surface area contributed by atoms with E-state index in [0.717, 1.165) is 12.0 Å². The molecular weight excluding hydrogens is 454 g/mol. The largest absolute Gasteiger partial charge is 0.385 e. The van der Waals surface area contributed by atoms with Crippen LogP contribution >= 0.6 is 0 Å². The molecule has 2 aromatic carbocycles. The molecule has 1 aliphatic rings. The summed E-state index contributed by atoms with van der Waals surface area (Å²) in [6, 6.07) is 9.48. The highest BCUT2D eigenvalue weighted by Gasteiger charge is 2.34. The summed E-state index contributed by atoms with van der Waals surface area (Å²) in [5, 5.41) is 2.87. The van der Waals surface area contributed by atoms with Gasteiger partial charge in [-0.2, -0.15) is 0 Å². The predicted molar refractivity (Wildman–Crippen MR) is 131 cm³/mol. The van der Waals surface area contributed by atoms with Crippen LogP contribution < -0.4 is 10.0 Å². The molecule has 2 aromatic rings. The third-order valence-electron chi connectivity index (χ3n) is 5.90. The van der Waals surface area contributed by atoms with Crippen LogP contribution in [0, 0.1) is 20.8 Å². The van der Waals surface area contributed by atoms with E-state index in [2.05, 4.69) is 10.0 Å². The molecule has 0 aliphatic carbocycles. The molecule has 184 valence electrons. The van der Waals surface area contributed by atoms with Crippen molar-refractivity contribution < 1.29 is 22.7 Å². The maximum absolute atomic E-state index is 13.1. The number of anilines is 1. The number of nitrogens with zero attached hydrogens (tertiary/aromatic N) is 1. The number of likely N-dealkylation sites (tertiary alicyclic amines) is 1. The van der Waals surface area contributed by atoms with Crippen LogP contribution in [0.25, 0.3) is 0 Å². The Kier molecular flexibility index (Phi) is 8.33. The normalized spacial score (nSPS) is 15.9. The van der Waals surface area contributed by atoms with Crippen molar-refractivity contribution in [3.63, 3.8) is 0 Å². The Labute approximate surface area is 201 Å². The van der Waals surface area contributed by atoms with Gasteiger partial charge in [-0.1, -0.05) is 17.7 Å². The third kappa shape index (κ3) is 5.95. The van der Waals surface area contributed by atoms with Crippen molar-refractivity contribution in [3.8, 4) is 0 Å². The van der Waals surface area contributed by atoms with Crippen molar-refractivity contribution in [1.29, 1.82) is 0 Å². The van der Waals surface area contributed by atoms with Gasteiger partial charge in [0.2, 0.25) is 5.91 Å². The van der Waals surface area contributed by atoms with Gasteiger partial charge < -0.3 is 15.0 Å². The van der Waals surface area contributed by atoms with E-state index < -0.39 is 16.1 Å². The Hall–Kier alpha value is -2.91. The maximum Gasteiger partial charge on any atom is 0.262 e. The van der Waals surface area contributed by atoms with Gasteiger partial charge in [0.15, 0.2) is 0 Å². The molecule has 0 saturated carbocycles. The minimum atomic E-state index is -3.78. The lowest BCUT2D eigenvalue weighted by Crippen LogP contribution is -2.46. The molecule has 9 heteroatoms. The molecule has 2 N–H and O–H groups in total. The van der Waals surface area contributed by atoms with Crippen LogP contribution in [0.2, 0.25) is 0 Å². The molecule has 0 aromatic heterocycles. The van der Waals surface area contributed by atoms with Crippen LogP contribution in [0.1, 0.15) is 46.3 Å². The van der Waals surface area contributed by atoms with Crippen LogP contribution in [0.3, 0.4) is 0 Å². The molecule has 1 saturated heterocycles. The van der Waals surface area contributed by atoms with Crippen LogP contribution in [0.4, 0.5) is 5.69 Å². The molecular formula is C25H33N3O5S. The molecule has 0 unspecified atom stereocenters. The van der Waals surface area contributed by atoms with Crippen molar-refractivity contribution >= 4 is 27.5 Å². The fourth-order valence-electron chi connectivity index (χ4n) is 4.47. The molecule has 0 bridgehead atoms. The lowest BCUT2D eigenvalue weighted by Gasteiger charge is -2.24. The van der Waals surface area contributed by atoms with Gasteiger partial charge in [-0.3, -0.25) is 14.3 Å². The molecule has 1 aliphatic heterocycles. The number of amides is 2. The lowest BCUT2D eigenvalue weighted by atomic mass is 10.1. The quantitative estimate of drug-likeness (QED) is 0.529. The van der Waals surface area contributed by atoms with Crippen molar-refractivity contribution in [1.82, 2.24) is 10.2 Å². The monoisotopic (exact) mass is 487 g/mol. The summed E-state index contributed by atoms with van der Waals surface area (Å²) in [6.07, 6.45) is 2.09. The predicted octanol–water partition coefficient (Wildman–Crippen LogP) is 3.17. The van der Waals surface area contributed by atoms with Gasteiger partial charge in [0.1, 0.15) is 6.04 Å². The summed E-state index contributed by atoms with van der Waals surface area (Å²) < 4.78 is 33.6. The first-order valence-corrected chi connectivity index (χ1v) is 12.9. The minimum Gasteiger partial charge on any atom is -0.385 e. The number of rotatable bonds is 9. The number of ether oxygens (including phenoxy) is 1. The van der Waals surface area contributed by atoms with E-state index in [0.29, 0.717) is 54.9 Å². The third-order valence-corrected chi connectivity index (χ3v) is 7.58. The van der Waals surface area contributed by atoms with Gasteiger partial charge >= 0.3 is 0 Å². The van der Waals surface area contributed by atoms with Crippen molar-refractivity contribution in [2.24, 2.45) is 0 Å². The molecule has 1 heterocycles. The second-order valence-corrected chi connectivity index (χ2v) is 10.3. The number of hydrogen-bond acceptors (Lipinski definition) is 5. The summed E-state index contributed by atoms with van der Waals surface area (Å²) in [5.74, 6) is -0.399. The van der Waals surface area contributed by atoms with Crippen LogP contribution in [-0.2, 0) is 19.6 Å². The van der Waals surface area contributed by atoms with E-state index in [1.54, 1.807) is 50.1 Å². The van der Waals surface area contributed by atoms with Crippen molar-refractivity contribution in [3.05, 3.63) is 58.7 Å². The highest BCUT2D eigenvalue weighted by Crippen LogP contribution is 2.25. The molecule has 1 fully saturated rings. The minimum absolute atomic E-state index is 0.157. The highest BCUT2D eigenvalue weighted by molar-refractivity contribution is 7.92. The first-order valence-electron chi connectivity index (χ1n) is 11.4. The molecule has 3 rings (SSSR count). The van der Waals surface area contributed by atoms with E-state index >= 15 is 0 Å². The van der Waals surface area contributed by atoms with Crippen molar-refractivity contribution in [2.75, 3.05) is 31.5 Å². The number of hydrogen-bond donors (Lipinski definition) is 2. The lowest BCUT2D eigenvalue weighted by molar-refractivity contribution is -0.124. The Morgan fingerprint density at radius 2 is 1.74 bits per heavy atom. The fraction of sp³-hybridized carbons (Fsp3) is 0.440. The fourth-order valence-corrected chi connectivity index (χ4v) is 5.99. The Balaban J connectivity index is 1.69. The number of carbonyl (C=O) groups excluding carboxylic acids is 2. The van der Waals surface area contributed by atoms with Crippen LogP contribution in [0.15, 0.2) is 41.3 Å². The van der Waals surface area contributed by atoms with E-state index in [9.17, 15) is 18.0 Å². The number of aryl methyl sites for hydroxylation is 3. The molecule has 0 radical (unpaired) electrons. The molecule has 8 nitrogen and oxygen atoms in total. The number of methoxy groups -OCH3 is 1. The standard InChI is InChI=1S/C25H33N3O5S/c1-17-15-18(2)23(19(3)16-17)34(31,32)27-21-10-8-20(9-11-21)25(30)28-13-5-7-22(28)24(29)26-12-6-14-33-4/h8-11,15-16,22,27H,5-7,12-14H2,1-4H3,(H,26,29)/t22-/m0/s1. The van der Waals surface area contributed by atoms with E-state index in [4.69, 9.17) is 4.74 Å². The zero-order valence-electron chi connectivity index (χ0n) is 20.2. The average molecular weight is 488 g/mol. The number of sulfonamides is 1. The number of nitrogens with one attached hydrogen (secondary N) is 2. The summed E-state index contributed by atoms with van der Waals surface area (Å²) in [6.45, 7) is 7.05. The van der Waals surface area contributed by atoms with E-state index in [1.165, 1.54) is 0 Å². The molecule has 34 heavy (non-hydrogen) atoms. The zero-order chi connectivity index (χ0) is 24.9. The topological polar surface area (TPSA) is 105 Å². The van der Waals surface area contributed by atoms with Gasteiger partial charge in [-0.25, -0.2) is 8.42 Å². The number of carbonyl (C=O) groups is 2. The Morgan fingerprint density at radius 3 is 2.35 bits per heavy atom. The molecule has 2 amide bonds. The summed E-state index contributed by atoms with van der Waals surface area (Å²) in [7, 11) is -2.17. The van der Waals surface area contributed by atoms with E-state index in [-0.39, 0.29) is 16.7 Å².